The zero-order valence-corrected chi connectivity index (χ0v) is 11.4. The van der Waals surface area contributed by atoms with Crippen molar-refractivity contribution in [1.29, 1.82) is 0 Å². The largest absolute Gasteiger partial charge is 0.481 e. The third-order valence-corrected chi connectivity index (χ3v) is 3.74. The molecule has 0 aromatic heterocycles. The van der Waals surface area contributed by atoms with Crippen LogP contribution in [0.1, 0.15) is 47.5 Å². The van der Waals surface area contributed by atoms with E-state index in [1.54, 1.807) is 6.92 Å². The number of carboxylic acids is 1. The Bertz CT molecular complexity index is 202. The van der Waals surface area contributed by atoms with Gasteiger partial charge in [0.1, 0.15) is 0 Å². The first-order chi connectivity index (χ1) is 7.47. The maximum Gasteiger partial charge on any atom is 0.307 e. The summed E-state index contributed by atoms with van der Waals surface area (Å²) in [5, 5.41) is 9.02. The molecule has 16 heavy (non-hydrogen) atoms. The van der Waals surface area contributed by atoms with E-state index in [1.165, 1.54) is 12.8 Å². The fraction of sp³-hybridized carbons (Fsp3) is 0.923. The van der Waals surface area contributed by atoms with Crippen LogP contribution in [0.4, 0.5) is 0 Å². The van der Waals surface area contributed by atoms with Crippen LogP contribution in [0.5, 0.6) is 0 Å². The average Bonchev–Trinajstić information content (AvgIpc) is 2.29. The Labute approximate surface area is 99.8 Å². The van der Waals surface area contributed by atoms with E-state index in [-0.39, 0.29) is 12.0 Å². The number of carboxylic acid groups (broad SMARTS) is 1. The predicted molar refractivity (Wildman–Crippen MR) is 67.6 cm³/mol. The van der Waals surface area contributed by atoms with Gasteiger partial charge in [-0.05, 0) is 19.4 Å². The van der Waals surface area contributed by atoms with Crippen LogP contribution in [0.25, 0.3) is 0 Å². The Morgan fingerprint density at radius 1 is 1.19 bits per heavy atom. The maximum absolute atomic E-state index is 11.0. The number of carbonyl (C=O) groups is 1. The summed E-state index contributed by atoms with van der Waals surface area (Å²) in [6.45, 7) is 12.3. The first kappa shape index (κ1) is 15.4. The highest BCUT2D eigenvalue weighted by molar-refractivity contribution is 5.70. The lowest BCUT2D eigenvalue weighted by Gasteiger charge is -2.33. The molecule has 0 radical (unpaired) electrons. The number of rotatable bonds is 8. The average molecular weight is 229 g/mol. The molecule has 0 aliphatic heterocycles. The van der Waals surface area contributed by atoms with Crippen LogP contribution < -0.4 is 0 Å². The Morgan fingerprint density at radius 2 is 1.69 bits per heavy atom. The molecule has 0 aliphatic rings. The summed E-state index contributed by atoms with van der Waals surface area (Å²) in [7, 11) is 0. The Morgan fingerprint density at radius 3 is 2.00 bits per heavy atom. The standard InChI is InChI=1S/C13H27NO2/c1-6-12(7-2)9-14(8-3)11(5)10(4)13(15)16/h10-12H,6-9H2,1-5H3,(H,15,16). The van der Waals surface area contributed by atoms with Crippen molar-refractivity contribution in [3.05, 3.63) is 0 Å². The number of nitrogens with zero attached hydrogens (tertiary/aromatic N) is 1. The second kappa shape index (κ2) is 7.66. The highest BCUT2D eigenvalue weighted by Crippen LogP contribution is 2.16. The maximum atomic E-state index is 11.0. The van der Waals surface area contributed by atoms with Crippen molar-refractivity contribution in [3.63, 3.8) is 0 Å². The van der Waals surface area contributed by atoms with Gasteiger partial charge in [-0.1, -0.05) is 40.5 Å². The molecule has 0 amide bonds. The number of aliphatic carboxylic acids is 1. The van der Waals surface area contributed by atoms with E-state index in [1.807, 2.05) is 6.92 Å². The van der Waals surface area contributed by atoms with E-state index in [4.69, 9.17) is 5.11 Å². The molecule has 2 unspecified atom stereocenters. The Kier molecular flexibility index (Phi) is 7.39. The fourth-order valence-electron chi connectivity index (χ4n) is 1.98. The second-order valence-electron chi connectivity index (χ2n) is 4.64. The molecule has 0 saturated carbocycles. The molecule has 0 spiro atoms. The van der Waals surface area contributed by atoms with Gasteiger partial charge < -0.3 is 5.11 Å². The highest BCUT2D eigenvalue weighted by atomic mass is 16.4. The van der Waals surface area contributed by atoms with Gasteiger partial charge >= 0.3 is 5.97 Å². The second-order valence-corrected chi connectivity index (χ2v) is 4.64. The molecule has 0 rings (SSSR count). The minimum absolute atomic E-state index is 0.114. The van der Waals surface area contributed by atoms with Crippen LogP contribution in [-0.2, 0) is 4.79 Å². The lowest BCUT2D eigenvalue weighted by molar-refractivity contribution is -0.143. The van der Waals surface area contributed by atoms with Crippen molar-refractivity contribution >= 4 is 5.97 Å². The summed E-state index contributed by atoms with van der Waals surface area (Å²) >= 11 is 0. The summed E-state index contributed by atoms with van der Waals surface area (Å²) < 4.78 is 0. The molecule has 0 fully saturated rings. The van der Waals surface area contributed by atoms with Crippen LogP contribution in [0.2, 0.25) is 0 Å². The van der Waals surface area contributed by atoms with Crippen LogP contribution in [0.15, 0.2) is 0 Å². The predicted octanol–water partition coefficient (Wildman–Crippen LogP) is 2.85. The monoisotopic (exact) mass is 229 g/mol. The van der Waals surface area contributed by atoms with Crippen molar-refractivity contribution in [1.82, 2.24) is 4.90 Å². The quantitative estimate of drug-likeness (QED) is 0.695. The minimum atomic E-state index is -0.699. The molecular weight excluding hydrogens is 202 g/mol. The third kappa shape index (κ3) is 4.52. The summed E-state index contributed by atoms with van der Waals surface area (Å²) in [6, 6.07) is 0.114. The van der Waals surface area contributed by atoms with E-state index in [0.29, 0.717) is 5.92 Å². The van der Waals surface area contributed by atoms with E-state index in [2.05, 4.69) is 25.7 Å². The fourth-order valence-corrected chi connectivity index (χ4v) is 1.98. The summed E-state index contributed by atoms with van der Waals surface area (Å²) in [4.78, 5) is 13.2. The molecular formula is C13H27NO2. The van der Waals surface area contributed by atoms with Crippen LogP contribution in [0.3, 0.4) is 0 Å². The van der Waals surface area contributed by atoms with Crippen molar-refractivity contribution in [3.8, 4) is 0 Å². The molecule has 2 atom stereocenters. The highest BCUT2D eigenvalue weighted by Gasteiger charge is 2.25. The molecule has 3 nitrogen and oxygen atoms in total. The molecule has 0 aromatic rings. The molecule has 96 valence electrons. The van der Waals surface area contributed by atoms with Gasteiger partial charge in [0.15, 0.2) is 0 Å². The molecule has 0 heterocycles. The topological polar surface area (TPSA) is 40.5 Å². The Balaban J connectivity index is 4.41. The van der Waals surface area contributed by atoms with E-state index >= 15 is 0 Å². The normalized spacial score (nSPS) is 15.4. The van der Waals surface area contributed by atoms with Gasteiger partial charge in [-0.25, -0.2) is 0 Å². The van der Waals surface area contributed by atoms with Crippen molar-refractivity contribution < 1.29 is 9.90 Å². The van der Waals surface area contributed by atoms with Crippen molar-refractivity contribution in [2.45, 2.75) is 53.5 Å². The molecule has 1 N–H and O–H groups in total. The molecule has 0 aliphatic carbocycles. The lowest BCUT2D eigenvalue weighted by Crippen LogP contribution is -2.42. The first-order valence-corrected chi connectivity index (χ1v) is 6.44. The molecule has 3 heteroatoms. The smallest absolute Gasteiger partial charge is 0.307 e. The van der Waals surface area contributed by atoms with Crippen molar-refractivity contribution in [2.75, 3.05) is 13.1 Å². The minimum Gasteiger partial charge on any atom is -0.481 e. The SMILES string of the molecule is CCC(CC)CN(CC)C(C)C(C)C(=O)O. The summed E-state index contributed by atoms with van der Waals surface area (Å²) in [5.41, 5.74) is 0. The van der Waals surface area contributed by atoms with Gasteiger partial charge in [0, 0.05) is 12.6 Å². The van der Waals surface area contributed by atoms with Gasteiger partial charge in [-0.2, -0.15) is 0 Å². The lowest BCUT2D eigenvalue weighted by atomic mass is 9.98. The van der Waals surface area contributed by atoms with E-state index < -0.39 is 5.97 Å². The summed E-state index contributed by atoms with van der Waals surface area (Å²) in [6.07, 6.45) is 2.34. The first-order valence-electron chi connectivity index (χ1n) is 6.44. The van der Waals surface area contributed by atoms with E-state index in [9.17, 15) is 4.79 Å². The van der Waals surface area contributed by atoms with Gasteiger partial charge in [0.05, 0.1) is 5.92 Å². The van der Waals surface area contributed by atoms with Gasteiger partial charge in [0.25, 0.3) is 0 Å². The summed E-state index contributed by atoms with van der Waals surface area (Å²) in [5.74, 6) is -0.312. The van der Waals surface area contributed by atoms with Crippen LogP contribution in [-0.4, -0.2) is 35.1 Å². The zero-order chi connectivity index (χ0) is 12.7. The molecule has 0 bridgehead atoms. The third-order valence-electron chi connectivity index (χ3n) is 3.74. The number of hydrogen-bond donors (Lipinski definition) is 1. The van der Waals surface area contributed by atoms with Crippen LogP contribution >= 0.6 is 0 Å². The van der Waals surface area contributed by atoms with Gasteiger partial charge in [0.2, 0.25) is 0 Å². The number of hydrogen-bond acceptors (Lipinski definition) is 2. The van der Waals surface area contributed by atoms with Gasteiger partial charge in [-0.15, -0.1) is 0 Å². The van der Waals surface area contributed by atoms with Crippen LogP contribution in [0, 0.1) is 11.8 Å². The molecule has 0 aromatic carbocycles. The van der Waals surface area contributed by atoms with Gasteiger partial charge in [-0.3, -0.25) is 9.69 Å². The Hall–Kier alpha value is -0.570. The van der Waals surface area contributed by atoms with Crippen molar-refractivity contribution in [2.24, 2.45) is 11.8 Å². The zero-order valence-electron chi connectivity index (χ0n) is 11.4. The van der Waals surface area contributed by atoms with E-state index in [0.717, 1.165) is 13.1 Å². The molecule has 0 saturated heterocycles.